The summed E-state index contributed by atoms with van der Waals surface area (Å²) in [6, 6.07) is 13.5. The molecule has 2 aromatic heterocycles. The van der Waals surface area contributed by atoms with Gasteiger partial charge in [-0.05, 0) is 36.4 Å². The van der Waals surface area contributed by atoms with Crippen molar-refractivity contribution < 1.29 is 8.42 Å². The van der Waals surface area contributed by atoms with Gasteiger partial charge in [0.15, 0.2) is 0 Å². The van der Waals surface area contributed by atoms with E-state index in [1.807, 2.05) is 47.8 Å². The van der Waals surface area contributed by atoms with Gasteiger partial charge in [0.2, 0.25) is 10.0 Å². The SMILES string of the molecule is O=S(=O)(NC1CCCCCCCCCCC1)c1cn(-c2ccccc2)nc1-c1cccs1. The minimum Gasteiger partial charge on any atom is -0.239 e. The van der Waals surface area contributed by atoms with E-state index in [2.05, 4.69) is 9.82 Å². The van der Waals surface area contributed by atoms with Crippen LogP contribution in [0.2, 0.25) is 0 Å². The maximum atomic E-state index is 13.6. The van der Waals surface area contributed by atoms with E-state index in [0.29, 0.717) is 5.69 Å². The highest BCUT2D eigenvalue weighted by Gasteiger charge is 2.27. The van der Waals surface area contributed by atoms with Crippen LogP contribution in [0.1, 0.15) is 70.6 Å². The van der Waals surface area contributed by atoms with Gasteiger partial charge in [-0.1, -0.05) is 82.1 Å². The molecule has 5 nitrogen and oxygen atoms in total. The van der Waals surface area contributed by atoms with E-state index in [-0.39, 0.29) is 10.9 Å². The number of sulfonamides is 1. The first-order valence-electron chi connectivity index (χ1n) is 11.8. The molecule has 3 aromatic rings. The van der Waals surface area contributed by atoms with Crippen LogP contribution in [0, 0.1) is 0 Å². The predicted octanol–water partition coefficient (Wildman–Crippen LogP) is 6.55. The Balaban J connectivity index is 1.59. The number of nitrogens with zero attached hydrogens (tertiary/aromatic N) is 2. The first-order valence-corrected chi connectivity index (χ1v) is 14.2. The van der Waals surface area contributed by atoms with Crippen LogP contribution in [0.5, 0.6) is 0 Å². The number of para-hydroxylation sites is 1. The summed E-state index contributed by atoms with van der Waals surface area (Å²) in [5.41, 5.74) is 1.36. The summed E-state index contributed by atoms with van der Waals surface area (Å²) in [4.78, 5) is 1.12. The highest BCUT2D eigenvalue weighted by Crippen LogP contribution is 2.31. The number of hydrogen-bond donors (Lipinski definition) is 1. The third-order valence-electron chi connectivity index (χ3n) is 6.17. The highest BCUT2D eigenvalue weighted by atomic mass is 32.2. The quantitative estimate of drug-likeness (QED) is 0.459. The zero-order valence-corrected chi connectivity index (χ0v) is 20.2. The van der Waals surface area contributed by atoms with Crippen molar-refractivity contribution in [2.45, 2.75) is 81.6 Å². The third-order valence-corrected chi connectivity index (χ3v) is 8.57. The molecule has 0 amide bonds. The fourth-order valence-corrected chi connectivity index (χ4v) is 6.65. The molecule has 4 rings (SSSR count). The van der Waals surface area contributed by atoms with Crippen molar-refractivity contribution in [2.24, 2.45) is 0 Å². The molecule has 32 heavy (non-hydrogen) atoms. The van der Waals surface area contributed by atoms with Gasteiger partial charge in [0, 0.05) is 6.04 Å². The molecule has 1 aliphatic carbocycles. The molecule has 1 fully saturated rings. The van der Waals surface area contributed by atoms with E-state index in [9.17, 15) is 8.42 Å². The van der Waals surface area contributed by atoms with Gasteiger partial charge in [0.05, 0.1) is 16.8 Å². The zero-order valence-electron chi connectivity index (χ0n) is 18.6. The topological polar surface area (TPSA) is 64.0 Å². The van der Waals surface area contributed by atoms with Gasteiger partial charge < -0.3 is 0 Å². The molecule has 0 radical (unpaired) electrons. The van der Waals surface area contributed by atoms with Crippen LogP contribution in [0.15, 0.2) is 58.9 Å². The van der Waals surface area contributed by atoms with Crippen LogP contribution in [-0.4, -0.2) is 24.2 Å². The van der Waals surface area contributed by atoms with Crippen molar-refractivity contribution in [3.8, 4) is 16.3 Å². The minimum atomic E-state index is -3.70. The monoisotopic (exact) mass is 471 g/mol. The Morgan fingerprint density at radius 2 is 1.47 bits per heavy atom. The lowest BCUT2D eigenvalue weighted by Crippen LogP contribution is -2.35. The fraction of sp³-hybridized carbons (Fsp3) is 0.480. The summed E-state index contributed by atoms with van der Waals surface area (Å²) < 4.78 is 31.9. The number of aromatic nitrogens is 2. The van der Waals surface area contributed by atoms with E-state index >= 15 is 0 Å². The Morgan fingerprint density at radius 3 is 2.06 bits per heavy atom. The molecule has 0 atom stereocenters. The lowest BCUT2D eigenvalue weighted by atomic mass is 9.98. The summed E-state index contributed by atoms with van der Waals surface area (Å²) in [5.74, 6) is 0. The molecular formula is C25H33N3O2S2. The van der Waals surface area contributed by atoms with Gasteiger partial charge in [-0.15, -0.1) is 11.3 Å². The molecule has 1 aromatic carbocycles. The number of benzene rings is 1. The largest absolute Gasteiger partial charge is 0.244 e. The fourth-order valence-electron chi connectivity index (χ4n) is 4.42. The van der Waals surface area contributed by atoms with Crippen LogP contribution in [-0.2, 0) is 10.0 Å². The molecular weight excluding hydrogens is 438 g/mol. The predicted molar refractivity (Wildman–Crippen MR) is 132 cm³/mol. The van der Waals surface area contributed by atoms with Gasteiger partial charge in [0.25, 0.3) is 0 Å². The van der Waals surface area contributed by atoms with Crippen molar-refractivity contribution in [2.75, 3.05) is 0 Å². The minimum absolute atomic E-state index is 0.0179. The molecule has 1 saturated carbocycles. The number of nitrogens with one attached hydrogen (secondary N) is 1. The second-order valence-electron chi connectivity index (χ2n) is 8.68. The third kappa shape index (κ3) is 6.09. The highest BCUT2D eigenvalue weighted by molar-refractivity contribution is 7.89. The second kappa shape index (κ2) is 11.3. The zero-order chi connectivity index (χ0) is 22.2. The van der Waals surface area contributed by atoms with Crippen LogP contribution >= 0.6 is 11.3 Å². The van der Waals surface area contributed by atoms with E-state index in [0.717, 1.165) is 36.2 Å². The molecule has 1 aliphatic rings. The molecule has 7 heteroatoms. The first-order chi connectivity index (χ1) is 15.6. The Labute approximate surface area is 195 Å². The van der Waals surface area contributed by atoms with E-state index < -0.39 is 10.0 Å². The maximum Gasteiger partial charge on any atom is 0.244 e. The normalized spacial score (nSPS) is 17.5. The average molecular weight is 472 g/mol. The Bertz CT molecular complexity index is 1050. The Morgan fingerprint density at radius 1 is 0.844 bits per heavy atom. The van der Waals surface area contributed by atoms with Crippen molar-refractivity contribution in [3.63, 3.8) is 0 Å². The smallest absolute Gasteiger partial charge is 0.239 e. The van der Waals surface area contributed by atoms with Gasteiger partial charge in [-0.25, -0.2) is 17.8 Å². The molecule has 2 heterocycles. The van der Waals surface area contributed by atoms with E-state index in [4.69, 9.17) is 0 Å². The summed E-state index contributed by atoms with van der Waals surface area (Å²) in [6.45, 7) is 0. The average Bonchev–Trinajstić information content (AvgIpc) is 3.46. The van der Waals surface area contributed by atoms with Crippen LogP contribution in [0.4, 0.5) is 0 Å². The molecule has 0 saturated heterocycles. The Hall–Kier alpha value is -1.96. The summed E-state index contributed by atoms with van der Waals surface area (Å²) >= 11 is 1.51. The number of hydrogen-bond acceptors (Lipinski definition) is 4. The van der Waals surface area contributed by atoms with Crippen molar-refractivity contribution in [3.05, 3.63) is 54.0 Å². The van der Waals surface area contributed by atoms with Crippen molar-refractivity contribution >= 4 is 21.4 Å². The van der Waals surface area contributed by atoms with E-state index in [1.54, 1.807) is 10.9 Å². The van der Waals surface area contributed by atoms with E-state index in [1.165, 1.54) is 56.3 Å². The lowest BCUT2D eigenvalue weighted by Gasteiger charge is -2.19. The summed E-state index contributed by atoms with van der Waals surface area (Å²) in [7, 11) is -3.70. The molecule has 0 spiro atoms. The van der Waals surface area contributed by atoms with Crippen LogP contribution < -0.4 is 4.72 Å². The number of thiophene rings is 1. The molecule has 0 unspecified atom stereocenters. The van der Waals surface area contributed by atoms with Gasteiger partial charge >= 0.3 is 0 Å². The Kier molecular flexibility index (Phi) is 8.16. The van der Waals surface area contributed by atoms with Gasteiger partial charge in [0.1, 0.15) is 10.6 Å². The van der Waals surface area contributed by atoms with Crippen molar-refractivity contribution in [1.29, 1.82) is 0 Å². The number of rotatable bonds is 5. The standard InChI is InChI=1S/C25H33N3O2S2/c29-32(30,27-21-14-9-6-4-2-1-3-5-7-10-15-21)24-20-28(22-16-11-8-12-17-22)26-25(24)23-18-13-19-31-23/h8,11-13,16-21,27H,1-7,9-10,14-15H2. The molecule has 172 valence electrons. The van der Waals surface area contributed by atoms with Gasteiger partial charge in [-0.2, -0.15) is 5.10 Å². The summed E-state index contributed by atoms with van der Waals surface area (Å²) in [6.07, 6.45) is 14.4. The molecule has 0 bridgehead atoms. The molecule has 1 N–H and O–H groups in total. The summed E-state index contributed by atoms with van der Waals surface area (Å²) in [5, 5.41) is 6.63. The van der Waals surface area contributed by atoms with Crippen LogP contribution in [0.25, 0.3) is 16.3 Å². The van der Waals surface area contributed by atoms with Crippen molar-refractivity contribution in [1.82, 2.24) is 14.5 Å². The van der Waals surface area contributed by atoms with Crippen LogP contribution in [0.3, 0.4) is 0 Å². The lowest BCUT2D eigenvalue weighted by molar-refractivity contribution is 0.440. The first kappa shape index (κ1) is 23.2. The molecule has 0 aliphatic heterocycles. The second-order valence-corrected chi connectivity index (χ2v) is 11.3. The maximum absolute atomic E-state index is 13.6. The van der Waals surface area contributed by atoms with Gasteiger partial charge in [-0.3, -0.25) is 0 Å².